The molecule has 0 fully saturated rings. The first-order chi connectivity index (χ1) is 8.60. The van der Waals surface area contributed by atoms with E-state index in [4.69, 9.17) is 0 Å². The summed E-state index contributed by atoms with van der Waals surface area (Å²) < 4.78 is 3.51. The van der Waals surface area contributed by atoms with Gasteiger partial charge in [-0.2, -0.15) is 0 Å². The van der Waals surface area contributed by atoms with E-state index in [9.17, 15) is 0 Å². The normalized spacial score (nSPS) is 17.3. The van der Waals surface area contributed by atoms with Crippen LogP contribution in [0, 0.1) is 0 Å². The first-order valence-corrected chi connectivity index (χ1v) is 9.52. The molecule has 0 nitrogen and oxygen atoms in total. The Balaban J connectivity index is 2.78. The van der Waals surface area contributed by atoms with Crippen LogP contribution in [0.4, 0.5) is 0 Å². The molecule has 0 bridgehead atoms. The summed E-state index contributed by atoms with van der Waals surface area (Å²) in [6, 6.07) is 0. The topological polar surface area (TPSA) is 0 Å². The van der Waals surface area contributed by atoms with Gasteiger partial charge in [0.15, 0.2) is 0 Å². The van der Waals surface area contributed by atoms with Crippen molar-refractivity contribution in [1.29, 1.82) is 0 Å². The summed E-state index contributed by atoms with van der Waals surface area (Å²) in [5.41, 5.74) is 4.67. The number of hydrogen-bond acceptors (Lipinski definition) is 0. The predicted molar refractivity (Wildman–Crippen MR) is 78.1 cm³/mol. The molecule has 0 heterocycles. The van der Waals surface area contributed by atoms with Crippen molar-refractivity contribution in [2.75, 3.05) is 0 Å². The van der Waals surface area contributed by atoms with Gasteiger partial charge in [0.25, 0.3) is 0 Å². The van der Waals surface area contributed by atoms with E-state index in [1.54, 1.807) is 14.4 Å². The van der Waals surface area contributed by atoms with Crippen molar-refractivity contribution in [3.63, 3.8) is 0 Å². The van der Waals surface area contributed by atoms with E-state index in [0.29, 0.717) is 0 Å². The Morgan fingerprint density at radius 3 is 2.67 bits per heavy atom. The molecule has 0 spiro atoms. The van der Waals surface area contributed by atoms with E-state index in [2.05, 4.69) is 52.8 Å². The van der Waals surface area contributed by atoms with Gasteiger partial charge < -0.3 is 0 Å². The fraction of sp³-hybridized carbons (Fsp3) is 0.529. The van der Waals surface area contributed by atoms with Crippen LogP contribution in [0.3, 0.4) is 0 Å². The molecule has 0 unspecified atom stereocenters. The van der Waals surface area contributed by atoms with Crippen LogP contribution in [-0.2, 0) is 23.2 Å². The summed E-state index contributed by atoms with van der Waals surface area (Å²) >= 11 is -0.512. The van der Waals surface area contributed by atoms with Gasteiger partial charge in [0, 0.05) is 0 Å². The molecule has 98 valence electrons. The molecule has 0 aromatic heterocycles. The van der Waals surface area contributed by atoms with Gasteiger partial charge in [0.05, 0.1) is 0 Å². The molecule has 1 rings (SSSR count). The standard InChI is InChI=1S/C9H13.C8H13.Zr/c1-2-3-6-9-7-4-5-8-9;1-5-7(3)8(4)6-2;/h4,7H,2-3,5-6H2,1H3;5H,1-4H3;/b;7-5+,8-6?;. The second kappa shape index (κ2) is 8.10. The molecule has 0 atom stereocenters. The second-order valence-electron chi connectivity index (χ2n) is 5.06. The SMILES string of the molecule is C/C=C(C)/C(C)=[C](\C)[Zr][C]1=C(CCCC)C=CC1. The van der Waals surface area contributed by atoms with E-state index in [1.165, 1.54) is 31.3 Å². The van der Waals surface area contributed by atoms with Crippen molar-refractivity contribution in [2.24, 2.45) is 0 Å². The van der Waals surface area contributed by atoms with Crippen molar-refractivity contribution in [3.05, 3.63) is 41.5 Å². The Kier molecular flexibility index (Phi) is 7.16. The average molecular weight is 322 g/mol. The molecule has 0 aromatic carbocycles. The Labute approximate surface area is 125 Å². The van der Waals surface area contributed by atoms with Crippen molar-refractivity contribution in [3.8, 4) is 0 Å². The molecule has 18 heavy (non-hydrogen) atoms. The van der Waals surface area contributed by atoms with Crippen molar-refractivity contribution in [2.45, 2.75) is 60.3 Å². The zero-order valence-corrected chi connectivity index (χ0v) is 15.0. The van der Waals surface area contributed by atoms with Gasteiger partial charge in [-0.05, 0) is 0 Å². The zero-order chi connectivity index (χ0) is 13.5. The van der Waals surface area contributed by atoms with Gasteiger partial charge in [-0.25, -0.2) is 0 Å². The molecule has 1 aliphatic rings. The fourth-order valence-corrected chi connectivity index (χ4v) is 5.62. The van der Waals surface area contributed by atoms with Crippen LogP contribution in [0.15, 0.2) is 41.5 Å². The molecule has 0 amide bonds. The van der Waals surface area contributed by atoms with Gasteiger partial charge in [-0.3, -0.25) is 0 Å². The minimum atomic E-state index is -0.512. The van der Waals surface area contributed by atoms with E-state index in [0.717, 1.165) is 0 Å². The van der Waals surface area contributed by atoms with Crippen LogP contribution in [0.5, 0.6) is 0 Å². The van der Waals surface area contributed by atoms with Crippen LogP contribution in [-0.4, -0.2) is 0 Å². The molecule has 0 N–H and O–H groups in total. The second-order valence-corrected chi connectivity index (χ2v) is 9.00. The fourth-order valence-electron chi connectivity index (χ4n) is 2.12. The molecule has 1 heteroatoms. The molecule has 0 radical (unpaired) electrons. The van der Waals surface area contributed by atoms with Crippen molar-refractivity contribution < 1.29 is 23.2 Å². The van der Waals surface area contributed by atoms with E-state index < -0.39 is 23.2 Å². The predicted octanol–water partition coefficient (Wildman–Crippen LogP) is 5.73. The number of allylic oxidation sites excluding steroid dienone is 8. The quantitative estimate of drug-likeness (QED) is 0.548. The van der Waals surface area contributed by atoms with Gasteiger partial charge >= 0.3 is 125 Å². The van der Waals surface area contributed by atoms with Crippen molar-refractivity contribution >= 4 is 0 Å². The van der Waals surface area contributed by atoms with Crippen LogP contribution in [0.25, 0.3) is 0 Å². The zero-order valence-electron chi connectivity index (χ0n) is 12.6. The van der Waals surface area contributed by atoms with Crippen LogP contribution >= 0.6 is 0 Å². The van der Waals surface area contributed by atoms with Crippen molar-refractivity contribution in [1.82, 2.24) is 0 Å². The minimum absolute atomic E-state index is 0.512. The maximum absolute atomic E-state index is 2.39. The van der Waals surface area contributed by atoms with E-state index in [1.807, 2.05) is 3.28 Å². The summed E-state index contributed by atoms with van der Waals surface area (Å²) in [7, 11) is 0. The molecular weight excluding hydrogens is 295 g/mol. The Morgan fingerprint density at radius 2 is 2.06 bits per heavy atom. The third-order valence-electron chi connectivity index (χ3n) is 3.75. The molecule has 0 aromatic rings. The molecular formula is C17H26Zr. The number of hydrogen-bond donors (Lipinski definition) is 0. The summed E-state index contributed by atoms with van der Waals surface area (Å²) in [6.07, 6.45) is 12.2. The summed E-state index contributed by atoms with van der Waals surface area (Å²) in [5, 5.41) is 0. The monoisotopic (exact) mass is 320 g/mol. The van der Waals surface area contributed by atoms with Crippen LogP contribution in [0.1, 0.15) is 60.3 Å². The average Bonchev–Trinajstić information content (AvgIpc) is 2.81. The Bertz CT molecular complexity index is 405. The summed E-state index contributed by atoms with van der Waals surface area (Å²) in [4.78, 5) is 0. The molecule has 0 saturated carbocycles. The first-order valence-electron chi connectivity index (χ1n) is 7.06. The molecule has 0 aliphatic heterocycles. The molecule has 1 aliphatic carbocycles. The third kappa shape index (κ3) is 4.50. The third-order valence-corrected chi connectivity index (χ3v) is 7.63. The number of unbranched alkanes of at least 4 members (excludes halogenated alkanes) is 1. The van der Waals surface area contributed by atoms with Gasteiger partial charge in [-0.1, -0.05) is 0 Å². The van der Waals surface area contributed by atoms with Gasteiger partial charge in [0.2, 0.25) is 0 Å². The van der Waals surface area contributed by atoms with E-state index in [-0.39, 0.29) is 0 Å². The van der Waals surface area contributed by atoms with Crippen LogP contribution in [0.2, 0.25) is 0 Å². The summed E-state index contributed by atoms with van der Waals surface area (Å²) in [5.74, 6) is 0. The Morgan fingerprint density at radius 1 is 1.33 bits per heavy atom. The summed E-state index contributed by atoms with van der Waals surface area (Å²) in [6.45, 7) is 11.3. The van der Waals surface area contributed by atoms with E-state index >= 15 is 0 Å². The Hall–Kier alpha value is -0.157. The van der Waals surface area contributed by atoms with Gasteiger partial charge in [-0.15, -0.1) is 0 Å². The van der Waals surface area contributed by atoms with Gasteiger partial charge in [0.1, 0.15) is 0 Å². The molecule has 0 saturated heterocycles. The first kappa shape index (κ1) is 15.9. The number of rotatable bonds is 6. The van der Waals surface area contributed by atoms with Crippen LogP contribution < -0.4 is 0 Å². The maximum atomic E-state index is 2.39.